The minimum absolute atomic E-state index is 0.0393. The van der Waals surface area contributed by atoms with Crippen LogP contribution in [0, 0.1) is 17.8 Å². The Labute approximate surface area is 206 Å². The molecule has 5 aliphatic rings. The van der Waals surface area contributed by atoms with Crippen molar-refractivity contribution in [3.8, 4) is 0 Å². The standard InChI is InChI=1S/C29H34N2O2S/c32-27(31-29-15-19-12-20(16-29)14-21(13-19)17-29)18-34-26-11-4-3-9-24(26)28(33)30-25-10-5-7-22-6-1-2-8-23(22)25/h1-4,6,8-9,11,19-21,25H,5,7,10,12-18H2,(H,30,33)(H,31,32). The second kappa shape index (κ2) is 9.07. The van der Waals surface area contributed by atoms with E-state index in [1.165, 1.54) is 42.2 Å². The first-order valence-electron chi connectivity index (χ1n) is 13.0. The summed E-state index contributed by atoms with van der Waals surface area (Å²) in [5.41, 5.74) is 3.28. The van der Waals surface area contributed by atoms with Crippen molar-refractivity contribution in [3.05, 3.63) is 65.2 Å². The van der Waals surface area contributed by atoms with Crippen molar-refractivity contribution < 1.29 is 9.59 Å². The first-order valence-corrected chi connectivity index (χ1v) is 14.0. The molecule has 5 aliphatic carbocycles. The molecule has 1 unspecified atom stereocenters. The third kappa shape index (κ3) is 4.39. The number of thioether (sulfide) groups is 1. The largest absolute Gasteiger partial charge is 0.350 e. The van der Waals surface area contributed by atoms with Gasteiger partial charge in [-0.2, -0.15) is 0 Å². The van der Waals surface area contributed by atoms with Crippen molar-refractivity contribution in [2.45, 2.75) is 74.3 Å². The molecule has 0 saturated heterocycles. The lowest BCUT2D eigenvalue weighted by Crippen LogP contribution is -2.60. The number of rotatable bonds is 6. The summed E-state index contributed by atoms with van der Waals surface area (Å²) in [6, 6.07) is 16.2. The molecule has 0 radical (unpaired) electrons. The average Bonchev–Trinajstić information content (AvgIpc) is 2.82. The first kappa shape index (κ1) is 22.2. The lowest BCUT2D eigenvalue weighted by Gasteiger charge is -2.56. The van der Waals surface area contributed by atoms with Crippen molar-refractivity contribution >= 4 is 23.6 Å². The van der Waals surface area contributed by atoms with Gasteiger partial charge in [0.1, 0.15) is 0 Å². The van der Waals surface area contributed by atoms with E-state index in [0.29, 0.717) is 11.3 Å². The zero-order chi connectivity index (χ0) is 23.1. The molecular weight excluding hydrogens is 440 g/mol. The van der Waals surface area contributed by atoms with Crippen molar-refractivity contribution in [3.63, 3.8) is 0 Å². The molecule has 4 fully saturated rings. The predicted octanol–water partition coefficient (Wildman–Crippen LogP) is 5.67. The van der Waals surface area contributed by atoms with Gasteiger partial charge in [0.2, 0.25) is 5.91 Å². The minimum Gasteiger partial charge on any atom is -0.350 e. The predicted molar refractivity (Wildman–Crippen MR) is 136 cm³/mol. The Balaban J connectivity index is 1.10. The zero-order valence-corrected chi connectivity index (χ0v) is 20.5. The first-order chi connectivity index (χ1) is 16.6. The molecule has 0 heterocycles. The van der Waals surface area contributed by atoms with Gasteiger partial charge in [-0.15, -0.1) is 11.8 Å². The van der Waals surface area contributed by atoms with E-state index in [1.807, 2.05) is 24.3 Å². The smallest absolute Gasteiger partial charge is 0.252 e. The van der Waals surface area contributed by atoms with E-state index in [-0.39, 0.29) is 23.4 Å². The number of nitrogens with one attached hydrogen (secondary N) is 2. The second-order valence-corrected chi connectivity index (χ2v) is 12.2. The highest BCUT2D eigenvalue weighted by Crippen LogP contribution is 2.55. The SMILES string of the molecule is O=C(CSc1ccccc1C(=O)NC1CCCc2ccccc21)NC12CC3CC(CC(C3)C1)C2. The van der Waals surface area contributed by atoms with Crippen LogP contribution in [0.5, 0.6) is 0 Å². The summed E-state index contributed by atoms with van der Waals surface area (Å²) < 4.78 is 0. The maximum absolute atomic E-state index is 13.3. The molecule has 0 aliphatic heterocycles. The lowest BCUT2D eigenvalue weighted by atomic mass is 9.53. The van der Waals surface area contributed by atoms with Gasteiger partial charge in [0.05, 0.1) is 17.4 Å². The van der Waals surface area contributed by atoms with Crippen LogP contribution in [-0.2, 0) is 11.2 Å². The van der Waals surface area contributed by atoms with Gasteiger partial charge in [0, 0.05) is 10.4 Å². The molecule has 4 saturated carbocycles. The van der Waals surface area contributed by atoms with Crippen LogP contribution in [-0.4, -0.2) is 23.1 Å². The van der Waals surface area contributed by atoms with E-state index < -0.39 is 0 Å². The van der Waals surface area contributed by atoms with Gasteiger partial charge in [-0.05, 0) is 98.8 Å². The van der Waals surface area contributed by atoms with Crippen LogP contribution >= 0.6 is 11.8 Å². The third-order valence-electron chi connectivity index (χ3n) is 8.61. The number of aryl methyl sites for hydroxylation is 1. The summed E-state index contributed by atoms with van der Waals surface area (Å²) in [7, 11) is 0. The summed E-state index contributed by atoms with van der Waals surface area (Å²) in [6.07, 6.45) is 10.7. The molecule has 0 aromatic heterocycles. The van der Waals surface area contributed by atoms with E-state index in [4.69, 9.17) is 0 Å². The summed E-state index contributed by atoms with van der Waals surface area (Å²) in [5.74, 6) is 2.86. The maximum atomic E-state index is 13.3. The van der Waals surface area contributed by atoms with Gasteiger partial charge in [-0.3, -0.25) is 9.59 Å². The van der Waals surface area contributed by atoms with Crippen LogP contribution in [0.4, 0.5) is 0 Å². The Hall–Kier alpha value is -2.27. The average molecular weight is 475 g/mol. The fourth-order valence-corrected chi connectivity index (χ4v) is 8.51. The lowest BCUT2D eigenvalue weighted by molar-refractivity contribution is -0.124. The molecule has 34 heavy (non-hydrogen) atoms. The van der Waals surface area contributed by atoms with Crippen LogP contribution in [0.1, 0.15) is 78.9 Å². The van der Waals surface area contributed by atoms with Crippen molar-refractivity contribution in [1.29, 1.82) is 0 Å². The zero-order valence-electron chi connectivity index (χ0n) is 19.7. The molecule has 1 atom stereocenters. The van der Waals surface area contributed by atoms with Gasteiger partial charge < -0.3 is 10.6 Å². The van der Waals surface area contributed by atoms with Crippen molar-refractivity contribution in [2.75, 3.05) is 5.75 Å². The summed E-state index contributed by atoms with van der Waals surface area (Å²) in [4.78, 5) is 27.1. The number of carbonyl (C=O) groups is 2. The van der Waals surface area contributed by atoms with Crippen LogP contribution < -0.4 is 10.6 Å². The Kier molecular flexibility index (Phi) is 5.92. The highest BCUT2D eigenvalue weighted by Gasteiger charge is 2.51. The van der Waals surface area contributed by atoms with E-state index in [9.17, 15) is 9.59 Å². The summed E-state index contributed by atoms with van der Waals surface area (Å²) in [5, 5.41) is 6.73. The molecule has 178 valence electrons. The number of carbonyl (C=O) groups excluding carboxylic acids is 2. The molecule has 4 nitrogen and oxygen atoms in total. The Morgan fingerprint density at radius 3 is 2.35 bits per heavy atom. The number of fused-ring (bicyclic) bond motifs is 1. The maximum Gasteiger partial charge on any atom is 0.252 e. The Bertz CT molecular complexity index is 1060. The molecule has 2 aromatic rings. The van der Waals surface area contributed by atoms with Gasteiger partial charge in [0.25, 0.3) is 5.91 Å². The monoisotopic (exact) mass is 474 g/mol. The topological polar surface area (TPSA) is 58.2 Å². The van der Waals surface area contributed by atoms with Crippen LogP contribution in [0.2, 0.25) is 0 Å². The molecule has 4 bridgehead atoms. The van der Waals surface area contributed by atoms with Gasteiger partial charge >= 0.3 is 0 Å². The molecule has 2 amide bonds. The fourth-order valence-electron chi connectivity index (χ4n) is 7.66. The summed E-state index contributed by atoms with van der Waals surface area (Å²) in [6.45, 7) is 0. The van der Waals surface area contributed by atoms with Crippen molar-refractivity contribution in [1.82, 2.24) is 10.6 Å². The van der Waals surface area contributed by atoms with Gasteiger partial charge in [-0.1, -0.05) is 36.4 Å². The molecule has 2 N–H and O–H groups in total. The Morgan fingerprint density at radius 1 is 0.912 bits per heavy atom. The second-order valence-electron chi connectivity index (χ2n) is 11.1. The quantitative estimate of drug-likeness (QED) is 0.530. The van der Waals surface area contributed by atoms with E-state index in [1.54, 1.807) is 0 Å². The molecule has 5 heteroatoms. The van der Waals surface area contributed by atoms with Gasteiger partial charge in [-0.25, -0.2) is 0 Å². The van der Waals surface area contributed by atoms with Crippen LogP contribution in [0.25, 0.3) is 0 Å². The van der Waals surface area contributed by atoms with E-state index in [2.05, 4.69) is 34.9 Å². The van der Waals surface area contributed by atoms with E-state index in [0.717, 1.165) is 61.2 Å². The van der Waals surface area contributed by atoms with Crippen LogP contribution in [0.15, 0.2) is 53.4 Å². The minimum atomic E-state index is -0.0497. The highest BCUT2D eigenvalue weighted by molar-refractivity contribution is 8.00. The summed E-state index contributed by atoms with van der Waals surface area (Å²) >= 11 is 1.49. The fraction of sp³-hybridized carbons (Fsp3) is 0.517. The number of amides is 2. The number of hydrogen-bond donors (Lipinski definition) is 2. The highest BCUT2D eigenvalue weighted by atomic mass is 32.2. The molecule has 7 rings (SSSR count). The van der Waals surface area contributed by atoms with E-state index >= 15 is 0 Å². The number of hydrogen-bond acceptors (Lipinski definition) is 3. The molecular formula is C29H34N2O2S. The van der Waals surface area contributed by atoms with Gasteiger partial charge in [0.15, 0.2) is 0 Å². The number of benzene rings is 2. The third-order valence-corrected chi connectivity index (χ3v) is 9.68. The van der Waals surface area contributed by atoms with Crippen LogP contribution in [0.3, 0.4) is 0 Å². The Morgan fingerprint density at radius 2 is 1.59 bits per heavy atom. The molecule has 2 aromatic carbocycles. The normalized spacial score (nSPS) is 31.1. The van der Waals surface area contributed by atoms with Crippen molar-refractivity contribution in [2.24, 2.45) is 17.8 Å². The molecule has 0 spiro atoms.